The molecule has 1 aliphatic carbocycles. The highest BCUT2D eigenvalue weighted by Crippen LogP contribution is 2.34. The molecule has 0 radical (unpaired) electrons. The highest BCUT2D eigenvalue weighted by Gasteiger charge is 2.26. The number of ether oxygens (including phenoxy) is 2. The second-order valence-electron chi connectivity index (χ2n) is 5.90. The van der Waals surface area contributed by atoms with Gasteiger partial charge in [0.05, 0.1) is 18.4 Å². The minimum absolute atomic E-state index is 0.194. The summed E-state index contributed by atoms with van der Waals surface area (Å²) < 4.78 is 61.0. The summed E-state index contributed by atoms with van der Waals surface area (Å²) in [6.07, 6.45) is 5.18. The van der Waals surface area contributed by atoms with Crippen molar-refractivity contribution in [1.29, 1.82) is 0 Å². The molecule has 0 saturated heterocycles. The molecule has 2 aromatic rings. The fraction of sp³-hybridized carbons (Fsp3) is 0.500. The van der Waals surface area contributed by atoms with Crippen LogP contribution in [0.2, 0.25) is 5.15 Å². The predicted octanol–water partition coefficient (Wildman–Crippen LogP) is 4.92. The minimum atomic E-state index is -2.78. The molecule has 1 aliphatic rings. The molecule has 1 fully saturated rings. The maximum Gasteiger partial charge on any atom is 0.345 e. The maximum absolute atomic E-state index is 12.7. The van der Waals surface area contributed by atoms with Gasteiger partial charge < -0.3 is 9.47 Å². The summed E-state index contributed by atoms with van der Waals surface area (Å²) in [6, 6.07) is 1.50. The molecule has 0 N–H and O–H groups in total. The Labute approximate surface area is 151 Å². The van der Waals surface area contributed by atoms with Crippen molar-refractivity contribution in [2.75, 3.05) is 0 Å². The van der Waals surface area contributed by atoms with E-state index in [0.717, 1.165) is 0 Å². The van der Waals surface area contributed by atoms with Crippen molar-refractivity contribution in [3.8, 4) is 16.9 Å². The van der Waals surface area contributed by atoms with Crippen molar-refractivity contribution in [1.82, 2.24) is 14.8 Å². The van der Waals surface area contributed by atoms with E-state index in [4.69, 9.17) is 16.3 Å². The summed E-state index contributed by atoms with van der Waals surface area (Å²) >= 11 is 5.92. The molecule has 2 heterocycles. The summed E-state index contributed by atoms with van der Waals surface area (Å²) in [5.41, 5.74) is 0.895. The van der Waals surface area contributed by atoms with Crippen LogP contribution in [0.25, 0.3) is 11.1 Å². The summed E-state index contributed by atoms with van der Waals surface area (Å²) in [5, 5.41) is 3.80. The first-order chi connectivity index (χ1) is 12.4. The Morgan fingerprint density at radius 2 is 1.77 bits per heavy atom. The molecular formula is C16H16ClF4N3O2. The Balaban J connectivity index is 1.72. The third-order valence-electron chi connectivity index (χ3n) is 4.16. The Morgan fingerprint density at radius 3 is 2.38 bits per heavy atom. The molecule has 0 spiro atoms. The number of nitrogens with zero attached hydrogens (tertiary/aromatic N) is 3. The van der Waals surface area contributed by atoms with E-state index < -0.39 is 19.3 Å². The first-order valence-corrected chi connectivity index (χ1v) is 8.38. The van der Waals surface area contributed by atoms with Gasteiger partial charge in [-0.1, -0.05) is 11.6 Å². The van der Waals surface area contributed by atoms with Gasteiger partial charge in [0.15, 0.2) is 0 Å². The highest BCUT2D eigenvalue weighted by molar-refractivity contribution is 6.29. The van der Waals surface area contributed by atoms with Crippen LogP contribution in [-0.4, -0.2) is 33.6 Å². The van der Waals surface area contributed by atoms with E-state index in [-0.39, 0.29) is 11.3 Å². The zero-order chi connectivity index (χ0) is 18.7. The molecule has 1 saturated carbocycles. The monoisotopic (exact) mass is 393 g/mol. The summed E-state index contributed by atoms with van der Waals surface area (Å²) in [6.45, 7) is -5.53. The largest absolute Gasteiger partial charge is 0.490 e. The van der Waals surface area contributed by atoms with Crippen LogP contribution in [-0.2, 0) is 4.74 Å². The first-order valence-electron chi connectivity index (χ1n) is 8.01. The Morgan fingerprint density at radius 1 is 1.08 bits per heavy atom. The SMILES string of the molecule is FC(F)OC1CCC(Oc2cc(Cl)ncc2-c2cnn(C(F)F)c2)CC1. The lowest BCUT2D eigenvalue weighted by Gasteiger charge is -2.29. The van der Waals surface area contributed by atoms with Gasteiger partial charge in [-0.15, -0.1) is 0 Å². The van der Waals surface area contributed by atoms with Gasteiger partial charge in [-0.2, -0.15) is 22.7 Å². The van der Waals surface area contributed by atoms with Gasteiger partial charge in [-0.25, -0.2) is 9.67 Å². The molecule has 0 bridgehead atoms. The summed E-state index contributed by atoms with van der Waals surface area (Å²) in [7, 11) is 0. The maximum atomic E-state index is 12.7. The van der Waals surface area contributed by atoms with Crippen LogP contribution in [0.5, 0.6) is 5.75 Å². The number of hydrogen-bond acceptors (Lipinski definition) is 4. The molecule has 0 unspecified atom stereocenters. The molecule has 142 valence electrons. The molecule has 10 heteroatoms. The molecule has 0 amide bonds. The molecule has 5 nitrogen and oxygen atoms in total. The average molecular weight is 394 g/mol. The number of alkyl halides is 4. The van der Waals surface area contributed by atoms with E-state index in [1.165, 1.54) is 24.7 Å². The molecule has 0 atom stereocenters. The van der Waals surface area contributed by atoms with Gasteiger partial charge in [0, 0.05) is 29.6 Å². The van der Waals surface area contributed by atoms with Crippen molar-refractivity contribution < 1.29 is 27.0 Å². The van der Waals surface area contributed by atoms with Crippen molar-refractivity contribution in [2.24, 2.45) is 0 Å². The number of rotatable bonds is 6. The molecule has 3 rings (SSSR count). The van der Waals surface area contributed by atoms with Crippen molar-refractivity contribution in [3.63, 3.8) is 0 Å². The van der Waals surface area contributed by atoms with Crippen LogP contribution in [0, 0.1) is 0 Å². The molecule has 2 aromatic heterocycles. The van der Waals surface area contributed by atoms with Crippen LogP contribution in [0.3, 0.4) is 0 Å². The lowest BCUT2D eigenvalue weighted by atomic mass is 9.95. The van der Waals surface area contributed by atoms with E-state index in [0.29, 0.717) is 47.2 Å². The van der Waals surface area contributed by atoms with Crippen LogP contribution in [0.4, 0.5) is 17.6 Å². The van der Waals surface area contributed by atoms with Gasteiger partial charge >= 0.3 is 13.2 Å². The summed E-state index contributed by atoms with van der Waals surface area (Å²) in [4.78, 5) is 3.97. The molecular weight excluding hydrogens is 378 g/mol. The van der Waals surface area contributed by atoms with Crippen LogP contribution < -0.4 is 4.74 Å². The van der Waals surface area contributed by atoms with Gasteiger partial charge in [0.1, 0.15) is 10.9 Å². The lowest BCUT2D eigenvalue weighted by Crippen LogP contribution is -2.29. The van der Waals surface area contributed by atoms with E-state index >= 15 is 0 Å². The number of pyridine rings is 1. The van der Waals surface area contributed by atoms with Gasteiger partial charge in [-0.3, -0.25) is 0 Å². The van der Waals surface area contributed by atoms with Crippen LogP contribution >= 0.6 is 11.6 Å². The van der Waals surface area contributed by atoms with Gasteiger partial charge in [-0.05, 0) is 25.7 Å². The first kappa shape index (κ1) is 18.9. The Kier molecular flexibility index (Phi) is 5.98. The summed E-state index contributed by atoms with van der Waals surface area (Å²) in [5.74, 6) is 0.386. The standard InChI is InChI=1S/C16H16ClF4N3O2/c17-14-5-13(25-10-1-3-11(4-2-10)26-16(20)21)12(7-22-14)9-6-23-24(8-9)15(18)19/h5-8,10-11,15-16H,1-4H2. The Hall–Kier alpha value is -1.87. The van der Waals surface area contributed by atoms with Gasteiger partial charge in [0.25, 0.3) is 0 Å². The molecule has 26 heavy (non-hydrogen) atoms. The molecule has 0 aromatic carbocycles. The van der Waals surface area contributed by atoms with E-state index in [1.54, 1.807) is 0 Å². The smallest absolute Gasteiger partial charge is 0.345 e. The topological polar surface area (TPSA) is 49.2 Å². The third kappa shape index (κ3) is 4.64. The Bertz CT molecular complexity index is 736. The second-order valence-corrected chi connectivity index (χ2v) is 6.29. The predicted molar refractivity (Wildman–Crippen MR) is 85.5 cm³/mol. The van der Waals surface area contributed by atoms with E-state index in [1.807, 2.05) is 0 Å². The van der Waals surface area contributed by atoms with Crippen LogP contribution in [0.15, 0.2) is 24.7 Å². The lowest BCUT2D eigenvalue weighted by molar-refractivity contribution is -0.172. The minimum Gasteiger partial charge on any atom is -0.490 e. The normalized spacial score (nSPS) is 20.7. The molecule has 0 aliphatic heterocycles. The van der Waals surface area contributed by atoms with Crippen molar-refractivity contribution in [2.45, 2.75) is 51.1 Å². The zero-order valence-electron chi connectivity index (χ0n) is 13.5. The van der Waals surface area contributed by atoms with Crippen molar-refractivity contribution in [3.05, 3.63) is 29.8 Å². The highest BCUT2D eigenvalue weighted by atomic mass is 35.5. The van der Waals surface area contributed by atoms with Crippen LogP contribution in [0.1, 0.15) is 32.2 Å². The quantitative estimate of drug-likeness (QED) is 0.516. The number of aromatic nitrogens is 3. The number of halogens is 5. The fourth-order valence-corrected chi connectivity index (χ4v) is 3.07. The average Bonchev–Trinajstić information content (AvgIpc) is 3.06. The van der Waals surface area contributed by atoms with Crippen molar-refractivity contribution >= 4 is 11.6 Å². The zero-order valence-corrected chi connectivity index (χ0v) is 14.3. The number of hydrogen-bond donors (Lipinski definition) is 0. The van der Waals surface area contributed by atoms with E-state index in [9.17, 15) is 17.6 Å². The van der Waals surface area contributed by atoms with E-state index in [2.05, 4.69) is 14.8 Å². The van der Waals surface area contributed by atoms with Gasteiger partial charge in [0.2, 0.25) is 0 Å². The third-order valence-corrected chi connectivity index (χ3v) is 4.36. The fourth-order valence-electron chi connectivity index (χ4n) is 2.92. The second kappa shape index (κ2) is 8.22.